The first kappa shape index (κ1) is 18.0. The van der Waals surface area contributed by atoms with Crippen molar-refractivity contribution in [3.63, 3.8) is 0 Å². The summed E-state index contributed by atoms with van der Waals surface area (Å²) in [5.41, 5.74) is 5.23. The predicted octanol–water partition coefficient (Wildman–Crippen LogP) is 2.91. The molecule has 0 radical (unpaired) electrons. The smallest absolute Gasteiger partial charge is 0.407 e. The molecule has 0 spiro atoms. The van der Waals surface area contributed by atoms with Gasteiger partial charge < -0.3 is 10.1 Å². The lowest BCUT2D eigenvalue weighted by molar-refractivity contribution is 0.0479. The maximum Gasteiger partial charge on any atom is 0.407 e. The SMILES string of the molecule is CN1Nn2cnc3nccc-3c2C1C1CCC(NC(=O)OC(C)(C)C)CC1. The number of alkyl carbamates (subject to hydrolysis) is 1. The quantitative estimate of drug-likeness (QED) is 0.843. The second-order valence-corrected chi connectivity index (χ2v) is 8.60. The van der Waals surface area contributed by atoms with Crippen LogP contribution in [-0.2, 0) is 4.74 Å². The van der Waals surface area contributed by atoms with Crippen molar-refractivity contribution in [3.05, 3.63) is 24.3 Å². The number of carbonyl (C=O) groups excluding carboxylic acids is 1. The number of aromatic nitrogens is 3. The van der Waals surface area contributed by atoms with Crippen LogP contribution in [0.3, 0.4) is 0 Å². The standard InChI is InChI=1S/C19H28N6O2/c1-19(2,3)27-18(26)22-13-7-5-12(6-8-13)15-16-14-9-10-20-17(14)21-11-25(16)23-24(15)4/h9-13,15,23H,5-8H2,1-4H3,(H,22,26). The molecule has 4 rings (SSSR count). The second kappa shape index (κ2) is 6.67. The van der Waals surface area contributed by atoms with Crippen LogP contribution >= 0.6 is 0 Å². The number of hydrazine groups is 1. The van der Waals surface area contributed by atoms with Crippen molar-refractivity contribution in [2.75, 3.05) is 12.6 Å². The predicted molar refractivity (Wildman–Crippen MR) is 102 cm³/mol. The Labute approximate surface area is 159 Å². The summed E-state index contributed by atoms with van der Waals surface area (Å²) < 4.78 is 7.38. The fraction of sp³-hybridized carbons (Fsp3) is 0.632. The van der Waals surface area contributed by atoms with Gasteiger partial charge in [-0.1, -0.05) is 0 Å². The van der Waals surface area contributed by atoms with Crippen LogP contribution in [0, 0.1) is 5.92 Å². The fourth-order valence-corrected chi connectivity index (χ4v) is 4.32. The molecule has 3 aliphatic heterocycles. The van der Waals surface area contributed by atoms with Gasteiger partial charge in [0.15, 0.2) is 5.82 Å². The van der Waals surface area contributed by atoms with Gasteiger partial charge in [0, 0.05) is 24.8 Å². The van der Waals surface area contributed by atoms with E-state index in [1.807, 2.05) is 37.7 Å². The zero-order chi connectivity index (χ0) is 19.2. The summed E-state index contributed by atoms with van der Waals surface area (Å²) in [4.78, 5) is 20.8. The fourth-order valence-electron chi connectivity index (χ4n) is 4.32. The first-order valence-electron chi connectivity index (χ1n) is 9.63. The summed E-state index contributed by atoms with van der Waals surface area (Å²) in [6.07, 6.45) is 7.32. The Morgan fingerprint density at radius 1 is 1.26 bits per heavy atom. The van der Waals surface area contributed by atoms with Crippen LogP contribution in [0.25, 0.3) is 11.4 Å². The molecule has 1 amide bonds. The highest BCUT2D eigenvalue weighted by atomic mass is 16.6. The molecule has 1 fully saturated rings. The molecular formula is C19H28N6O2. The molecule has 8 nitrogen and oxygen atoms in total. The van der Waals surface area contributed by atoms with Crippen LogP contribution < -0.4 is 10.9 Å². The summed E-state index contributed by atoms with van der Waals surface area (Å²) in [5, 5.41) is 5.19. The summed E-state index contributed by atoms with van der Waals surface area (Å²) in [7, 11) is 2.07. The molecule has 4 aliphatic rings. The van der Waals surface area contributed by atoms with Crippen molar-refractivity contribution in [2.45, 2.75) is 64.1 Å². The monoisotopic (exact) mass is 372 g/mol. The van der Waals surface area contributed by atoms with E-state index in [2.05, 4.69) is 32.9 Å². The molecule has 3 heterocycles. The Morgan fingerprint density at radius 3 is 2.70 bits per heavy atom. The van der Waals surface area contributed by atoms with E-state index in [4.69, 9.17) is 4.74 Å². The van der Waals surface area contributed by atoms with E-state index in [-0.39, 0.29) is 18.2 Å². The lowest BCUT2D eigenvalue weighted by Gasteiger charge is -2.35. The van der Waals surface area contributed by atoms with Gasteiger partial charge in [-0.3, -0.25) is 5.53 Å². The van der Waals surface area contributed by atoms with Gasteiger partial charge in [0.25, 0.3) is 0 Å². The number of hydrogen-bond donors (Lipinski definition) is 2. The van der Waals surface area contributed by atoms with E-state index in [1.165, 1.54) is 5.69 Å². The van der Waals surface area contributed by atoms with Crippen molar-refractivity contribution >= 4 is 6.09 Å². The molecule has 0 saturated heterocycles. The average Bonchev–Trinajstić information content (AvgIpc) is 3.16. The van der Waals surface area contributed by atoms with E-state index in [0.29, 0.717) is 5.92 Å². The normalized spacial score (nSPS) is 25.9. The van der Waals surface area contributed by atoms with Gasteiger partial charge in [-0.2, -0.15) is 0 Å². The van der Waals surface area contributed by atoms with Crippen LogP contribution in [-0.4, -0.2) is 44.4 Å². The molecule has 27 heavy (non-hydrogen) atoms. The van der Waals surface area contributed by atoms with Crippen molar-refractivity contribution in [1.29, 1.82) is 0 Å². The Morgan fingerprint density at radius 2 is 2.00 bits per heavy atom. The van der Waals surface area contributed by atoms with Gasteiger partial charge in [0.1, 0.15) is 11.9 Å². The van der Waals surface area contributed by atoms with Gasteiger partial charge in [0.2, 0.25) is 0 Å². The van der Waals surface area contributed by atoms with E-state index >= 15 is 0 Å². The minimum absolute atomic E-state index is 0.181. The summed E-state index contributed by atoms with van der Waals surface area (Å²) in [6.45, 7) is 5.65. The third kappa shape index (κ3) is 3.58. The first-order valence-corrected chi connectivity index (χ1v) is 9.63. The minimum atomic E-state index is -0.465. The van der Waals surface area contributed by atoms with Gasteiger partial charge in [-0.15, -0.1) is 0 Å². The van der Waals surface area contributed by atoms with Crippen molar-refractivity contribution < 1.29 is 9.53 Å². The van der Waals surface area contributed by atoms with Crippen molar-refractivity contribution in [1.82, 2.24) is 25.0 Å². The molecular weight excluding hydrogens is 344 g/mol. The Kier molecular flexibility index (Phi) is 4.46. The molecule has 0 aromatic rings. The zero-order valence-electron chi connectivity index (χ0n) is 16.4. The van der Waals surface area contributed by atoms with Crippen LogP contribution in [0.5, 0.6) is 0 Å². The Bertz CT molecular complexity index is 790. The third-order valence-corrected chi connectivity index (χ3v) is 5.41. The van der Waals surface area contributed by atoms with Gasteiger partial charge in [0.05, 0.1) is 11.7 Å². The molecule has 1 saturated carbocycles. The number of fused-ring (bicyclic) bond motifs is 3. The number of nitrogens with zero attached hydrogens (tertiary/aromatic N) is 4. The molecule has 1 unspecified atom stereocenters. The second-order valence-electron chi connectivity index (χ2n) is 8.60. The number of carbonyl (C=O) groups is 1. The number of hydrogen-bond acceptors (Lipinski definition) is 6. The zero-order valence-corrected chi connectivity index (χ0v) is 16.4. The molecule has 146 valence electrons. The maximum absolute atomic E-state index is 12.0. The Hall–Kier alpha value is -2.35. The van der Waals surface area contributed by atoms with E-state index in [1.54, 1.807) is 6.33 Å². The molecule has 0 aromatic carbocycles. The highest BCUT2D eigenvalue weighted by Crippen LogP contribution is 2.43. The topological polar surface area (TPSA) is 84.3 Å². The summed E-state index contributed by atoms with van der Waals surface area (Å²) in [6, 6.07) is 2.49. The summed E-state index contributed by atoms with van der Waals surface area (Å²) in [5.74, 6) is 1.30. The molecule has 0 aromatic heterocycles. The van der Waals surface area contributed by atoms with Crippen molar-refractivity contribution in [3.8, 4) is 11.4 Å². The molecule has 1 atom stereocenters. The van der Waals surface area contributed by atoms with E-state index in [9.17, 15) is 4.79 Å². The average molecular weight is 372 g/mol. The Balaban J connectivity index is 1.42. The van der Waals surface area contributed by atoms with Gasteiger partial charge in [-0.25, -0.2) is 24.4 Å². The largest absolute Gasteiger partial charge is 0.444 e. The lowest BCUT2D eigenvalue weighted by Crippen LogP contribution is -2.42. The third-order valence-electron chi connectivity index (χ3n) is 5.41. The number of ether oxygens (including phenoxy) is 1. The van der Waals surface area contributed by atoms with Crippen LogP contribution in [0.1, 0.15) is 58.2 Å². The summed E-state index contributed by atoms with van der Waals surface area (Å²) >= 11 is 0. The number of rotatable bonds is 2. The highest BCUT2D eigenvalue weighted by Gasteiger charge is 2.39. The molecule has 8 heteroatoms. The minimum Gasteiger partial charge on any atom is -0.444 e. The van der Waals surface area contributed by atoms with Crippen molar-refractivity contribution in [2.24, 2.45) is 5.92 Å². The van der Waals surface area contributed by atoms with Crippen LogP contribution in [0.4, 0.5) is 4.79 Å². The van der Waals surface area contributed by atoms with Crippen LogP contribution in [0.2, 0.25) is 0 Å². The number of amides is 1. The van der Waals surface area contributed by atoms with Gasteiger partial charge in [-0.05, 0) is 58.4 Å². The van der Waals surface area contributed by atoms with E-state index in [0.717, 1.165) is 37.1 Å². The molecule has 1 aliphatic carbocycles. The van der Waals surface area contributed by atoms with E-state index < -0.39 is 5.60 Å². The molecule has 2 N–H and O–H groups in total. The highest BCUT2D eigenvalue weighted by molar-refractivity contribution is 5.68. The van der Waals surface area contributed by atoms with Gasteiger partial charge >= 0.3 is 6.09 Å². The lowest BCUT2D eigenvalue weighted by atomic mass is 9.79. The number of nitrogens with one attached hydrogen (secondary N) is 2. The maximum atomic E-state index is 12.0. The molecule has 0 bridgehead atoms. The van der Waals surface area contributed by atoms with Crippen LogP contribution in [0.15, 0.2) is 18.6 Å². The first-order chi connectivity index (χ1) is 12.8.